The molecule has 0 spiro atoms. The molecular weight excluding hydrogens is 221 g/mol. The molecule has 15 heavy (non-hydrogen) atoms. The van der Waals surface area contributed by atoms with Crippen LogP contribution in [0.15, 0.2) is 11.0 Å². The molecule has 0 unspecified atom stereocenters. The van der Waals surface area contributed by atoms with E-state index < -0.39 is 11.5 Å². The third kappa shape index (κ3) is 3.88. The number of aromatic nitrogens is 2. The lowest BCUT2D eigenvalue weighted by molar-refractivity contribution is 0.217. The van der Waals surface area contributed by atoms with Gasteiger partial charge in [-0.25, -0.2) is 9.18 Å². The number of nitrogen functional groups attached to an aromatic ring is 1. The molecular formula is C8H12FN3O2S. The molecule has 0 aromatic carbocycles. The minimum absolute atomic E-state index is 0.358. The van der Waals surface area contributed by atoms with Crippen LogP contribution < -0.4 is 11.4 Å². The third-order valence-corrected chi connectivity index (χ3v) is 2.40. The molecule has 1 aromatic rings. The molecule has 1 saturated heterocycles. The van der Waals surface area contributed by atoms with Crippen molar-refractivity contribution in [3.05, 3.63) is 22.5 Å². The second-order valence-corrected chi connectivity index (χ2v) is 3.85. The van der Waals surface area contributed by atoms with Crippen molar-refractivity contribution < 1.29 is 9.13 Å². The number of anilines is 1. The van der Waals surface area contributed by atoms with E-state index in [0.717, 1.165) is 23.3 Å². The molecule has 84 valence electrons. The Morgan fingerprint density at radius 2 is 2.47 bits per heavy atom. The van der Waals surface area contributed by atoms with Gasteiger partial charge in [-0.1, -0.05) is 0 Å². The first-order valence-corrected chi connectivity index (χ1v) is 5.41. The van der Waals surface area contributed by atoms with Crippen LogP contribution in [0, 0.1) is 5.82 Å². The lowest BCUT2D eigenvalue weighted by Crippen LogP contribution is -2.21. The first-order chi connectivity index (χ1) is 7.11. The van der Waals surface area contributed by atoms with E-state index in [1.165, 1.54) is 12.8 Å². The average molecular weight is 233 g/mol. The Morgan fingerprint density at radius 1 is 1.73 bits per heavy atom. The van der Waals surface area contributed by atoms with Crippen LogP contribution in [0.5, 0.6) is 0 Å². The zero-order chi connectivity index (χ0) is 11.3. The van der Waals surface area contributed by atoms with E-state index in [0.29, 0.717) is 0 Å². The molecule has 1 aliphatic heterocycles. The molecule has 0 radical (unpaired) electrons. The number of hydrogen-bond acceptors (Lipinski definition) is 5. The van der Waals surface area contributed by atoms with Gasteiger partial charge in [0.1, 0.15) is 0 Å². The molecule has 0 atom stereocenters. The molecule has 0 aliphatic carbocycles. The number of rotatable bonds is 0. The molecule has 1 fully saturated rings. The fourth-order valence-corrected chi connectivity index (χ4v) is 1.41. The number of aryl methyl sites for hydroxylation is 1. The summed E-state index contributed by atoms with van der Waals surface area (Å²) in [6, 6.07) is 0. The molecule has 2 rings (SSSR count). The van der Waals surface area contributed by atoms with Crippen LogP contribution >= 0.6 is 11.8 Å². The highest BCUT2D eigenvalue weighted by Crippen LogP contribution is 2.06. The summed E-state index contributed by atoms with van der Waals surface area (Å²) in [5.41, 5.74) is 4.43. The van der Waals surface area contributed by atoms with Gasteiger partial charge in [-0.3, -0.25) is 4.57 Å². The zero-order valence-electron chi connectivity index (χ0n) is 8.27. The molecule has 2 N–H and O–H groups in total. The summed E-state index contributed by atoms with van der Waals surface area (Å²) in [6.07, 6.45) is 0.991. The van der Waals surface area contributed by atoms with E-state index in [1.807, 2.05) is 11.8 Å². The van der Waals surface area contributed by atoms with Crippen LogP contribution in [-0.4, -0.2) is 27.8 Å². The Bertz CT molecular complexity index is 371. The minimum Gasteiger partial charge on any atom is -0.381 e. The molecule has 0 bridgehead atoms. The van der Waals surface area contributed by atoms with Gasteiger partial charge in [-0.15, -0.1) is 11.8 Å². The lowest BCUT2D eigenvalue weighted by Gasteiger charge is -1.96. The van der Waals surface area contributed by atoms with Gasteiger partial charge >= 0.3 is 5.69 Å². The Morgan fingerprint density at radius 3 is 2.87 bits per heavy atom. The second-order valence-electron chi connectivity index (χ2n) is 2.80. The summed E-state index contributed by atoms with van der Waals surface area (Å²) in [7, 11) is 1.40. The van der Waals surface area contributed by atoms with Crippen LogP contribution in [0.1, 0.15) is 0 Å². The number of halogens is 1. The van der Waals surface area contributed by atoms with Crippen molar-refractivity contribution in [2.45, 2.75) is 0 Å². The van der Waals surface area contributed by atoms with Gasteiger partial charge in [0, 0.05) is 19.0 Å². The van der Waals surface area contributed by atoms with Crippen LogP contribution in [0.3, 0.4) is 0 Å². The Kier molecular flexibility index (Phi) is 4.57. The van der Waals surface area contributed by atoms with Crippen molar-refractivity contribution in [2.75, 3.05) is 24.0 Å². The third-order valence-electron chi connectivity index (χ3n) is 1.61. The van der Waals surface area contributed by atoms with Crippen molar-refractivity contribution >= 4 is 17.6 Å². The summed E-state index contributed by atoms with van der Waals surface area (Å²) in [5, 5.41) is 0. The molecule has 0 amide bonds. The maximum atomic E-state index is 12.4. The summed E-state index contributed by atoms with van der Waals surface area (Å²) in [6.45, 7) is 0.963. The standard InChI is InChI=1S/C5H6FN3O.C3H6OS/c1-9-2-3(6)4(7)8-5(9)10;1-2-5-3-4-1/h2H,1H3,(H2,7,8,10);1-3H2. The number of nitrogens with zero attached hydrogens (tertiary/aromatic N) is 2. The van der Waals surface area contributed by atoms with Gasteiger partial charge in [0.2, 0.25) is 0 Å². The van der Waals surface area contributed by atoms with Gasteiger partial charge in [0.05, 0.1) is 12.5 Å². The van der Waals surface area contributed by atoms with Gasteiger partial charge in [0.15, 0.2) is 11.6 Å². The average Bonchev–Trinajstić information content (AvgIpc) is 2.73. The highest BCUT2D eigenvalue weighted by atomic mass is 32.2. The van der Waals surface area contributed by atoms with E-state index >= 15 is 0 Å². The molecule has 1 aliphatic rings. The van der Waals surface area contributed by atoms with Crippen molar-refractivity contribution in [3.63, 3.8) is 0 Å². The molecule has 2 heterocycles. The van der Waals surface area contributed by atoms with E-state index in [2.05, 4.69) is 4.98 Å². The number of hydrogen-bond donors (Lipinski definition) is 1. The Hall–Kier alpha value is -1.08. The van der Waals surface area contributed by atoms with Gasteiger partial charge in [-0.05, 0) is 0 Å². The van der Waals surface area contributed by atoms with E-state index in [9.17, 15) is 9.18 Å². The smallest absolute Gasteiger partial charge is 0.349 e. The van der Waals surface area contributed by atoms with E-state index in [1.54, 1.807) is 0 Å². The molecule has 5 nitrogen and oxygen atoms in total. The fourth-order valence-electron chi connectivity index (χ4n) is 0.821. The Balaban J connectivity index is 0.000000187. The normalized spacial score (nSPS) is 14.5. The minimum atomic E-state index is -0.679. The maximum Gasteiger partial charge on any atom is 0.349 e. The highest BCUT2D eigenvalue weighted by molar-refractivity contribution is 7.99. The summed E-state index contributed by atoms with van der Waals surface area (Å²) in [4.78, 5) is 13.8. The Labute approximate surface area is 90.4 Å². The topological polar surface area (TPSA) is 70.1 Å². The van der Waals surface area contributed by atoms with Crippen molar-refractivity contribution in [1.29, 1.82) is 0 Å². The fraction of sp³-hybridized carbons (Fsp3) is 0.500. The predicted molar refractivity (Wildman–Crippen MR) is 57.1 cm³/mol. The van der Waals surface area contributed by atoms with Crippen molar-refractivity contribution in [2.24, 2.45) is 7.05 Å². The predicted octanol–water partition coefficient (Wildman–Crippen LogP) is 0.209. The molecule has 1 aromatic heterocycles. The SMILES string of the molecule is C1CSCO1.Cn1cc(F)c(N)nc1=O. The molecule has 7 heteroatoms. The quantitative estimate of drug-likeness (QED) is 0.693. The summed E-state index contributed by atoms with van der Waals surface area (Å²) < 4.78 is 18.3. The van der Waals surface area contributed by atoms with E-state index in [-0.39, 0.29) is 5.82 Å². The van der Waals surface area contributed by atoms with Crippen molar-refractivity contribution in [3.8, 4) is 0 Å². The van der Waals surface area contributed by atoms with Gasteiger partial charge in [-0.2, -0.15) is 4.98 Å². The zero-order valence-corrected chi connectivity index (χ0v) is 9.09. The monoisotopic (exact) mass is 233 g/mol. The van der Waals surface area contributed by atoms with Gasteiger partial charge in [0.25, 0.3) is 0 Å². The second kappa shape index (κ2) is 5.72. The number of thioether (sulfide) groups is 1. The number of nitrogens with two attached hydrogens (primary N) is 1. The lowest BCUT2D eigenvalue weighted by atomic mass is 10.5. The summed E-state index contributed by atoms with van der Waals surface area (Å²) in [5.74, 6) is 1.07. The highest BCUT2D eigenvalue weighted by Gasteiger charge is 2.00. The molecule has 0 saturated carbocycles. The maximum absolute atomic E-state index is 12.4. The van der Waals surface area contributed by atoms with Crippen LogP contribution in [0.25, 0.3) is 0 Å². The first kappa shape index (κ1) is 12.0. The van der Waals surface area contributed by atoms with Crippen LogP contribution in [0.4, 0.5) is 10.2 Å². The van der Waals surface area contributed by atoms with Crippen LogP contribution in [0.2, 0.25) is 0 Å². The van der Waals surface area contributed by atoms with E-state index in [4.69, 9.17) is 10.5 Å². The largest absolute Gasteiger partial charge is 0.381 e. The van der Waals surface area contributed by atoms with Crippen molar-refractivity contribution in [1.82, 2.24) is 9.55 Å². The first-order valence-electron chi connectivity index (χ1n) is 4.25. The van der Waals surface area contributed by atoms with Gasteiger partial charge < -0.3 is 10.5 Å². The number of ether oxygens (including phenoxy) is 1. The van der Waals surface area contributed by atoms with Crippen LogP contribution in [-0.2, 0) is 11.8 Å². The summed E-state index contributed by atoms with van der Waals surface area (Å²) >= 11 is 1.85.